The summed E-state index contributed by atoms with van der Waals surface area (Å²) in [5, 5.41) is 3.29. The largest absolute Gasteiger partial charge is 0.367 e. The Kier molecular flexibility index (Phi) is 3.54. The molecular formula is C13H17FN2. The minimum atomic E-state index is -0.154. The van der Waals surface area contributed by atoms with Crippen molar-refractivity contribution in [1.29, 1.82) is 0 Å². The first-order chi connectivity index (χ1) is 7.77. The van der Waals surface area contributed by atoms with Gasteiger partial charge in [-0.2, -0.15) is 0 Å². The highest BCUT2D eigenvalue weighted by atomic mass is 19.1. The maximum atomic E-state index is 13.5. The predicted octanol–water partition coefficient (Wildman–Crippen LogP) is 3.06. The molecule has 0 radical (unpaired) electrons. The molecule has 1 atom stereocenters. The molecule has 86 valence electrons. The molecule has 1 N–H and O–H groups in total. The molecule has 0 fully saturated rings. The van der Waals surface area contributed by atoms with Crippen molar-refractivity contribution < 1.29 is 4.39 Å². The summed E-state index contributed by atoms with van der Waals surface area (Å²) < 4.78 is 13.5. The lowest BCUT2D eigenvalue weighted by Gasteiger charge is -2.20. The van der Waals surface area contributed by atoms with Crippen LogP contribution in [0.3, 0.4) is 0 Å². The van der Waals surface area contributed by atoms with Crippen molar-refractivity contribution >= 4 is 5.84 Å². The van der Waals surface area contributed by atoms with E-state index < -0.39 is 0 Å². The standard InChI is InChI=1S/C13H17FN2/c1-10(11-6-2-3-7-12(11)14)16-13-8-4-5-9-15-13/h2-3,6-7,10H,4-5,8-9H2,1H3,(H,15,16)/t10-/m1/s1. The third kappa shape index (κ3) is 2.60. The van der Waals surface area contributed by atoms with E-state index in [1.165, 1.54) is 18.9 Å². The second-order valence-electron chi connectivity index (χ2n) is 4.17. The fourth-order valence-electron chi connectivity index (χ4n) is 1.97. The highest BCUT2D eigenvalue weighted by Crippen LogP contribution is 2.17. The molecule has 1 heterocycles. The molecule has 0 saturated heterocycles. The molecular weight excluding hydrogens is 203 g/mol. The van der Waals surface area contributed by atoms with Crippen LogP contribution in [0, 0.1) is 5.82 Å². The van der Waals surface area contributed by atoms with E-state index in [4.69, 9.17) is 0 Å². The van der Waals surface area contributed by atoms with Crippen molar-refractivity contribution in [3.63, 3.8) is 0 Å². The van der Waals surface area contributed by atoms with Crippen LogP contribution in [0.15, 0.2) is 29.3 Å². The van der Waals surface area contributed by atoms with Gasteiger partial charge in [-0.3, -0.25) is 4.99 Å². The van der Waals surface area contributed by atoms with E-state index >= 15 is 0 Å². The number of nitrogens with one attached hydrogen (secondary N) is 1. The highest BCUT2D eigenvalue weighted by Gasteiger charge is 2.12. The van der Waals surface area contributed by atoms with Crippen molar-refractivity contribution in [2.45, 2.75) is 32.2 Å². The molecule has 0 spiro atoms. The first-order valence-electron chi connectivity index (χ1n) is 5.81. The Bertz CT molecular complexity index is 387. The zero-order chi connectivity index (χ0) is 11.4. The molecule has 0 aromatic heterocycles. The van der Waals surface area contributed by atoms with E-state index in [1.54, 1.807) is 6.07 Å². The normalized spacial score (nSPS) is 17.8. The summed E-state index contributed by atoms with van der Waals surface area (Å²) >= 11 is 0. The second kappa shape index (κ2) is 5.10. The van der Waals surface area contributed by atoms with Crippen molar-refractivity contribution in [3.8, 4) is 0 Å². The Morgan fingerprint density at radius 3 is 2.81 bits per heavy atom. The van der Waals surface area contributed by atoms with Gasteiger partial charge in [0.15, 0.2) is 0 Å². The van der Waals surface area contributed by atoms with Crippen molar-refractivity contribution in [2.75, 3.05) is 6.54 Å². The van der Waals surface area contributed by atoms with E-state index in [0.29, 0.717) is 5.56 Å². The third-order valence-electron chi connectivity index (χ3n) is 2.88. The molecule has 1 aliphatic heterocycles. The van der Waals surface area contributed by atoms with Gasteiger partial charge in [-0.25, -0.2) is 4.39 Å². The van der Waals surface area contributed by atoms with Crippen LogP contribution in [0.1, 0.15) is 37.8 Å². The molecule has 1 aliphatic rings. The number of amidine groups is 1. The smallest absolute Gasteiger partial charge is 0.128 e. The molecule has 3 heteroatoms. The van der Waals surface area contributed by atoms with Gasteiger partial charge < -0.3 is 5.32 Å². The van der Waals surface area contributed by atoms with Crippen LogP contribution in [-0.4, -0.2) is 12.4 Å². The van der Waals surface area contributed by atoms with Gasteiger partial charge in [0.1, 0.15) is 5.82 Å². The fourth-order valence-corrected chi connectivity index (χ4v) is 1.97. The molecule has 16 heavy (non-hydrogen) atoms. The fraction of sp³-hybridized carbons (Fsp3) is 0.462. The molecule has 0 saturated carbocycles. The Balaban J connectivity index is 2.05. The van der Waals surface area contributed by atoms with Gasteiger partial charge in [0.25, 0.3) is 0 Å². The molecule has 0 amide bonds. The van der Waals surface area contributed by atoms with E-state index in [0.717, 1.165) is 18.8 Å². The average molecular weight is 220 g/mol. The Hall–Kier alpha value is -1.38. The molecule has 2 nitrogen and oxygen atoms in total. The Morgan fingerprint density at radius 1 is 1.31 bits per heavy atom. The summed E-state index contributed by atoms with van der Waals surface area (Å²) in [7, 11) is 0. The SMILES string of the molecule is C[C@@H](NC1=NCCCC1)c1ccccc1F. The number of benzene rings is 1. The van der Waals surface area contributed by atoms with Gasteiger partial charge in [-0.1, -0.05) is 18.2 Å². The van der Waals surface area contributed by atoms with Crippen LogP contribution in [0.4, 0.5) is 4.39 Å². The lowest BCUT2D eigenvalue weighted by Crippen LogP contribution is -2.29. The van der Waals surface area contributed by atoms with Crippen LogP contribution in [0.25, 0.3) is 0 Å². The Labute approximate surface area is 95.6 Å². The van der Waals surface area contributed by atoms with E-state index in [9.17, 15) is 4.39 Å². The zero-order valence-electron chi connectivity index (χ0n) is 9.54. The maximum absolute atomic E-state index is 13.5. The maximum Gasteiger partial charge on any atom is 0.128 e. The van der Waals surface area contributed by atoms with Crippen molar-refractivity contribution in [3.05, 3.63) is 35.6 Å². The lowest BCUT2D eigenvalue weighted by molar-refractivity contribution is 0.572. The zero-order valence-corrected chi connectivity index (χ0v) is 9.54. The Morgan fingerprint density at radius 2 is 2.12 bits per heavy atom. The van der Waals surface area contributed by atoms with Crippen LogP contribution in [0.2, 0.25) is 0 Å². The number of rotatable bonds is 2. The quantitative estimate of drug-likeness (QED) is 0.814. The third-order valence-corrected chi connectivity index (χ3v) is 2.88. The number of hydrogen-bond acceptors (Lipinski definition) is 2. The minimum absolute atomic E-state index is 0.0157. The number of aliphatic imine (C=N–C) groups is 1. The summed E-state index contributed by atoms with van der Waals surface area (Å²) in [5.41, 5.74) is 0.704. The van der Waals surface area contributed by atoms with E-state index in [2.05, 4.69) is 10.3 Å². The second-order valence-corrected chi connectivity index (χ2v) is 4.17. The molecule has 1 aromatic carbocycles. The predicted molar refractivity (Wildman–Crippen MR) is 64.1 cm³/mol. The summed E-state index contributed by atoms with van der Waals surface area (Å²) in [4.78, 5) is 4.41. The van der Waals surface area contributed by atoms with Crippen molar-refractivity contribution in [2.24, 2.45) is 4.99 Å². The van der Waals surface area contributed by atoms with Gasteiger partial charge in [0.2, 0.25) is 0 Å². The number of nitrogens with zero attached hydrogens (tertiary/aromatic N) is 1. The average Bonchev–Trinajstić information content (AvgIpc) is 2.31. The summed E-state index contributed by atoms with van der Waals surface area (Å²) in [5.74, 6) is 0.862. The van der Waals surface area contributed by atoms with Gasteiger partial charge in [-0.05, 0) is 25.8 Å². The minimum Gasteiger partial charge on any atom is -0.367 e. The van der Waals surface area contributed by atoms with Crippen LogP contribution in [0.5, 0.6) is 0 Å². The molecule has 0 aliphatic carbocycles. The van der Waals surface area contributed by atoms with Gasteiger partial charge >= 0.3 is 0 Å². The summed E-state index contributed by atoms with van der Waals surface area (Å²) in [6.45, 7) is 2.86. The van der Waals surface area contributed by atoms with Crippen LogP contribution >= 0.6 is 0 Å². The number of hydrogen-bond donors (Lipinski definition) is 1. The lowest BCUT2D eigenvalue weighted by atomic mass is 10.1. The monoisotopic (exact) mass is 220 g/mol. The van der Waals surface area contributed by atoms with Gasteiger partial charge in [-0.15, -0.1) is 0 Å². The molecule has 0 unspecified atom stereocenters. The molecule has 1 aromatic rings. The van der Waals surface area contributed by atoms with Crippen LogP contribution < -0.4 is 5.32 Å². The van der Waals surface area contributed by atoms with E-state index in [-0.39, 0.29) is 11.9 Å². The first kappa shape index (κ1) is 11.1. The summed E-state index contributed by atoms with van der Waals surface area (Å²) in [6, 6.07) is 6.87. The topological polar surface area (TPSA) is 24.4 Å². The van der Waals surface area contributed by atoms with Gasteiger partial charge in [0, 0.05) is 18.5 Å². The van der Waals surface area contributed by atoms with E-state index in [1.807, 2.05) is 19.1 Å². The van der Waals surface area contributed by atoms with Crippen LogP contribution in [-0.2, 0) is 0 Å². The molecule has 2 rings (SSSR count). The summed E-state index contributed by atoms with van der Waals surface area (Å²) in [6.07, 6.45) is 3.33. The van der Waals surface area contributed by atoms with Gasteiger partial charge in [0.05, 0.1) is 11.9 Å². The van der Waals surface area contributed by atoms with Crippen molar-refractivity contribution in [1.82, 2.24) is 5.32 Å². The molecule has 0 bridgehead atoms. The highest BCUT2D eigenvalue weighted by molar-refractivity contribution is 5.83. The number of halogens is 1. The first-order valence-corrected chi connectivity index (χ1v) is 5.81.